The number of nitrogens with zero attached hydrogens (tertiary/aromatic N) is 3. The van der Waals surface area contributed by atoms with Crippen LogP contribution in [0, 0.1) is 0 Å². The Labute approximate surface area is 111 Å². The van der Waals surface area contributed by atoms with Gasteiger partial charge in [-0.15, -0.1) is 5.10 Å². The van der Waals surface area contributed by atoms with Crippen LogP contribution in [0.5, 0.6) is 0 Å². The quantitative estimate of drug-likeness (QED) is 0.940. The van der Waals surface area contributed by atoms with Gasteiger partial charge in [-0.3, -0.25) is 4.79 Å². The van der Waals surface area contributed by atoms with E-state index < -0.39 is 23.6 Å². The molecule has 0 aliphatic rings. The molecule has 0 bridgehead atoms. The molecule has 106 valence electrons. The number of halogens is 3. The normalized spacial score (nSPS) is 13.2. The van der Waals surface area contributed by atoms with E-state index >= 15 is 0 Å². The average Bonchev–Trinajstić information content (AvgIpc) is 2.86. The number of rotatable bonds is 3. The highest BCUT2D eigenvalue weighted by molar-refractivity contribution is 5.74. The van der Waals surface area contributed by atoms with Crippen molar-refractivity contribution < 1.29 is 23.1 Å². The van der Waals surface area contributed by atoms with Crippen molar-refractivity contribution in [3.8, 4) is 5.69 Å². The van der Waals surface area contributed by atoms with Crippen LogP contribution in [0.15, 0.2) is 30.5 Å². The maximum atomic E-state index is 12.6. The van der Waals surface area contributed by atoms with Crippen molar-refractivity contribution in [2.75, 3.05) is 0 Å². The molecule has 0 amide bonds. The Bertz CT molecular complexity index is 637. The van der Waals surface area contributed by atoms with E-state index in [0.717, 1.165) is 16.8 Å². The van der Waals surface area contributed by atoms with E-state index in [1.165, 1.54) is 25.3 Å². The molecule has 0 radical (unpaired) electrons. The van der Waals surface area contributed by atoms with Gasteiger partial charge in [0.05, 0.1) is 29.1 Å². The van der Waals surface area contributed by atoms with Crippen molar-refractivity contribution in [2.24, 2.45) is 0 Å². The standard InChI is InChI=1S/C12H10F3N3O2/c1-7(11(19)20)10-6-18(17-16-10)9-4-2-3-8(5-9)12(13,14)15/h2-7H,1H3,(H,19,20). The summed E-state index contributed by atoms with van der Waals surface area (Å²) in [6, 6.07) is 4.55. The SMILES string of the molecule is CC(C(=O)O)c1cn(-c2cccc(C(F)(F)F)c2)nn1. The molecule has 2 rings (SSSR count). The lowest BCUT2D eigenvalue weighted by molar-refractivity contribution is -0.139. The van der Waals surface area contributed by atoms with E-state index in [1.807, 2.05) is 0 Å². The molecule has 1 aromatic heterocycles. The van der Waals surface area contributed by atoms with E-state index in [4.69, 9.17) is 5.11 Å². The summed E-state index contributed by atoms with van der Waals surface area (Å²) < 4.78 is 38.9. The fraction of sp³-hybridized carbons (Fsp3) is 0.250. The van der Waals surface area contributed by atoms with Gasteiger partial charge in [0, 0.05) is 0 Å². The maximum Gasteiger partial charge on any atom is 0.416 e. The predicted octanol–water partition coefficient (Wildman–Crippen LogP) is 2.47. The molecule has 1 N–H and O–H groups in total. The van der Waals surface area contributed by atoms with Crippen molar-refractivity contribution in [1.29, 1.82) is 0 Å². The molecule has 1 heterocycles. The van der Waals surface area contributed by atoms with Crippen LogP contribution < -0.4 is 0 Å². The van der Waals surface area contributed by atoms with Crippen LogP contribution in [0.1, 0.15) is 24.1 Å². The van der Waals surface area contributed by atoms with Gasteiger partial charge in [-0.2, -0.15) is 13.2 Å². The molecule has 0 fully saturated rings. The zero-order valence-electron chi connectivity index (χ0n) is 10.3. The lowest BCUT2D eigenvalue weighted by Crippen LogP contribution is -2.07. The Hall–Kier alpha value is -2.38. The molecule has 5 nitrogen and oxygen atoms in total. The first-order chi connectivity index (χ1) is 9.29. The molecule has 2 aromatic rings. The van der Waals surface area contributed by atoms with Gasteiger partial charge in [0.2, 0.25) is 0 Å². The number of benzene rings is 1. The van der Waals surface area contributed by atoms with Crippen molar-refractivity contribution in [3.05, 3.63) is 41.7 Å². The Balaban J connectivity index is 2.36. The zero-order valence-corrected chi connectivity index (χ0v) is 10.3. The highest BCUT2D eigenvalue weighted by atomic mass is 19.4. The second-order valence-corrected chi connectivity index (χ2v) is 4.20. The van der Waals surface area contributed by atoms with E-state index in [1.54, 1.807) is 0 Å². The third kappa shape index (κ3) is 2.79. The number of aliphatic carboxylic acids is 1. The van der Waals surface area contributed by atoms with Gasteiger partial charge < -0.3 is 5.11 Å². The van der Waals surface area contributed by atoms with Crippen LogP contribution in [-0.4, -0.2) is 26.1 Å². The minimum Gasteiger partial charge on any atom is -0.481 e. The van der Waals surface area contributed by atoms with Gasteiger partial charge in [0.15, 0.2) is 0 Å². The number of aromatic nitrogens is 3. The molecule has 1 aromatic carbocycles. The zero-order chi connectivity index (χ0) is 14.9. The van der Waals surface area contributed by atoms with Crippen LogP contribution >= 0.6 is 0 Å². The molecular formula is C12H10F3N3O2. The van der Waals surface area contributed by atoms with Gasteiger partial charge in [-0.25, -0.2) is 4.68 Å². The monoisotopic (exact) mass is 285 g/mol. The molecule has 8 heteroatoms. The summed E-state index contributed by atoms with van der Waals surface area (Å²) in [7, 11) is 0. The number of hydrogen-bond donors (Lipinski definition) is 1. The lowest BCUT2D eigenvalue weighted by atomic mass is 10.1. The topological polar surface area (TPSA) is 68.0 Å². The molecule has 1 atom stereocenters. The van der Waals surface area contributed by atoms with Crippen LogP contribution in [-0.2, 0) is 11.0 Å². The Kier molecular flexibility index (Phi) is 3.47. The Morgan fingerprint density at radius 2 is 2.10 bits per heavy atom. The van der Waals surface area contributed by atoms with Crippen LogP contribution in [0.25, 0.3) is 5.69 Å². The minimum absolute atomic E-state index is 0.163. The summed E-state index contributed by atoms with van der Waals surface area (Å²) in [5.41, 5.74) is -0.468. The molecule has 0 saturated carbocycles. The number of alkyl halides is 3. The van der Waals surface area contributed by atoms with E-state index in [2.05, 4.69) is 10.3 Å². The van der Waals surface area contributed by atoms with E-state index in [0.29, 0.717) is 0 Å². The van der Waals surface area contributed by atoms with Gasteiger partial charge >= 0.3 is 12.1 Å². The minimum atomic E-state index is -4.45. The maximum absolute atomic E-state index is 12.6. The first-order valence-corrected chi connectivity index (χ1v) is 5.61. The molecule has 20 heavy (non-hydrogen) atoms. The fourth-order valence-corrected chi connectivity index (χ4v) is 1.55. The van der Waals surface area contributed by atoms with Crippen LogP contribution in [0.2, 0.25) is 0 Å². The number of carboxylic acids is 1. The van der Waals surface area contributed by atoms with Gasteiger partial charge in [0.1, 0.15) is 0 Å². The second kappa shape index (κ2) is 4.95. The van der Waals surface area contributed by atoms with Gasteiger partial charge in [-0.05, 0) is 25.1 Å². The summed E-state index contributed by atoms with van der Waals surface area (Å²) in [5, 5.41) is 16.1. The van der Waals surface area contributed by atoms with Gasteiger partial charge in [0.25, 0.3) is 0 Å². The van der Waals surface area contributed by atoms with Crippen molar-refractivity contribution in [2.45, 2.75) is 19.0 Å². The highest BCUT2D eigenvalue weighted by Gasteiger charge is 2.30. The average molecular weight is 285 g/mol. The Morgan fingerprint density at radius 1 is 1.40 bits per heavy atom. The third-order valence-electron chi connectivity index (χ3n) is 2.76. The van der Waals surface area contributed by atoms with Crippen LogP contribution in [0.3, 0.4) is 0 Å². The lowest BCUT2D eigenvalue weighted by Gasteiger charge is -2.08. The molecule has 0 spiro atoms. The number of carbonyl (C=O) groups is 1. The smallest absolute Gasteiger partial charge is 0.416 e. The van der Waals surface area contributed by atoms with E-state index in [-0.39, 0.29) is 11.4 Å². The summed E-state index contributed by atoms with van der Waals surface area (Å²) in [5.74, 6) is -1.96. The van der Waals surface area contributed by atoms with Crippen molar-refractivity contribution in [1.82, 2.24) is 15.0 Å². The summed E-state index contributed by atoms with van der Waals surface area (Å²) in [6.45, 7) is 1.42. The highest BCUT2D eigenvalue weighted by Crippen LogP contribution is 2.30. The van der Waals surface area contributed by atoms with Gasteiger partial charge in [-0.1, -0.05) is 11.3 Å². The largest absolute Gasteiger partial charge is 0.481 e. The van der Waals surface area contributed by atoms with Crippen molar-refractivity contribution >= 4 is 5.97 Å². The first kappa shape index (κ1) is 14.0. The number of hydrogen-bond acceptors (Lipinski definition) is 3. The summed E-state index contributed by atoms with van der Waals surface area (Å²) in [4.78, 5) is 10.8. The molecule has 1 unspecified atom stereocenters. The summed E-state index contributed by atoms with van der Waals surface area (Å²) in [6.07, 6.45) is -3.15. The second-order valence-electron chi connectivity index (χ2n) is 4.20. The van der Waals surface area contributed by atoms with E-state index in [9.17, 15) is 18.0 Å². The van der Waals surface area contributed by atoms with Crippen LogP contribution in [0.4, 0.5) is 13.2 Å². The molecule has 0 aliphatic carbocycles. The Morgan fingerprint density at radius 3 is 2.70 bits per heavy atom. The number of carboxylic acid groups (broad SMARTS) is 1. The van der Waals surface area contributed by atoms with Crippen molar-refractivity contribution in [3.63, 3.8) is 0 Å². The third-order valence-corrected chi connectivity index (χ3v) is 2.76. The molecular weight excluding hydrogens is 275 g/mol. The molecule has 0 aliphatic heterocycles. The predicted molar refractivity (Wildman–Crippen MR) is 62.4 cm³/mol. The first-order valence-electron chi connectivity index (χ1n) is 5.61. The fourth-order valence-electron chi connectivity index (χ4n) is 1.55. The summed E-state index contributed by atoms with van der Waals surface area (Å²) >= 11 is 0. The molecule has 0 saturated heterocycles.